The third-order valence-corrected chi connectivity index (χ3v) is 3.47. The van der Waals surface area contributed by atoms with Gasteiger partial charge in [-0.2, -0.15) is 0 Å². The smallest absolute Gasteiger partial charge is 0.0243 e. The summed E-state index contributed by atoms with van der Waals surface area (Å²) >= 11 is 0. The standard InChI is InChI=1S/C14H32N2/c1-7-9-13(5)16(6)14(12(3)4)11-15-10-8-2/h12-15H,7-11H2,1-6H3. The van der Waals surface area contributed by atoms with Gasteiger partial charge in [-0.05, 0) is 39.3 Å². The van der Waals surface area contributed by atoms with Crippen LogP contribution in [0.15, 0.2) is 0 Å². The summed E-state index contributed by atoms with van der Waals surface area (Å²) in [6.45, 7) is 13.7. The van der Waals surface area contributed by atoms with Crippen LogP contribution in [0, 0.1) is 5.92 Å². The van der Waals surface area contributed by atoms with Crippen molar-refractivity contribution in [2.45, 2.75) is 66.0 Å². The Morgan fingerprint density at radius 3 is 2.12 bits per heavy atom. The van der Waals surface area contributed by atoms with E-state index in [0.29, 0.717) is 18.0 Å². The molecule has 0 rings (SSSR count). The zero-order valence-corrected chi connectivity index (χ0v) is 12.2. The Morgan fingerprint density at radius 2 is 1.69 bits per heavy atom. The number of nitrogens with zero attached hydrogens (tertiary/aromatic N) is 1. The third-order valence-electron chi connectivity index (χ3n) is 3.47. The molecule has 0 radical (unpaired) electrons. The monoisotopic (exact) mass is 228 g/mol. The highest BCUT2D eigenvalue weighted by Crippen LogP contribution is 2.14. The van der Waals surface area contributed by atoms with E-state index in [-0.39, 0.29) is 0 Å². The van der Waals surface area contributed by atoms with Gasteiger partial charge in [-0.15, -0.1) is 0 Å². The molecule has 0 saturated carbocycles. The van der Waals surface area contributed by atoms with Crippen molar-refractivity contribution in [2.24, 2.45) is 5.92 Å². The van der Waals surface area contributed by atoms with Gasteiger partial charge in [0.25, 0.3) is 0 Å². The van der Waals surface area contributed by atoms with Crippen LogP contribution in [-0.2, 0) is 0 Å². The average Bonchev–Trinajstić information content (AvgIpc) is 2.23. The number of hydrogen-bond acceptors (Lipinski definition) is 2. The van der Waals surface area contributed by atoms with Crippen molar-refractivity contribution in [3.63, 3.8) is 0 Å². The van der Waals surface area contributed by atoms with E-state index >= 15 is 0 Å². The minimum atomic E-state index is 0.660. The van der Waals surface area contributed by atoms with Crippen molar-refractivity contribution < 1.29 is 0 Å². The summed E-state index contributed by atoms with van der Waals surface area (Å²) in [5, 5.41) is 3.55. The first-order chi connectivity index (χ1) is 7.54. The fraction of sp³-hybridized carbons (Fsp3) is 1.00. The minimum absolute atomic E-state index is 0.660. The van der Waals surface area contributed by atoms with Gasteiger partial charge in [0.1, 0.15) is 0 Å². The number of likely N-dealkylation sites (N-methyl/N-ethyl adjacent to an activating group) is 1. The second-order valence-corrected chi connectivity index (χ2v) is 5.32. The highest BCUT2D eigenvalue weighted by atomic mass is 15.2. The predicted molar refractivity (Wildman–Crippen MR) is 73.9 cm³/mol. The molecule has 0 aliphatic carbocycles. The number of nitrogens with one attached hydrogen (secondary N) is 1. The molecular formula is C14H32N2. The van der Waals surface area contributed by atoms with E-state index in [4.69, 9.17) is 0 Å². The molecule has 0 spiro atoms. The summed E-state index contributed by atoms with van der Waals surface area (Å²) in [5.41, 5.74) is 0. The summed E-state index contributed by atoms with van der Waals surface area (Å²) < 4.78 is 0. The molecule has 0 bridgehead atoms. The summed E-state index contributed by atoms with van der Waals surface area (Å²) in [7, 11) is 2.28. The summed E-state index contributed by atoms with van der Waals surface area (Å²) in [6.07, 6.45) is 3.80. The molecule has 1 N–H and O–H groups in total. The van der Waals surface area contributed by atoms with Gasteiger partial charge in [-0.1, -0.05) is 34.1 Å². The topological polar surface area (TPSA) is 15.3 Å². The number of rotatable bonds is 9. The lowest BCUT2D eigenvalue weighted by Gasteiger charge is -2.36. The maximum Gasteiger partial charge on any atom is 0.0243 e. The first-order valence-corrected chi connectivity index (χ1v) is 6.97. The zero-order valence-electron chi connectivity index (χ0n) is 12.2. The van der Waals surface area contributed by atoms with Gasteiger partial charge in [-0.25, -0.2) is 0 Å². The molecule has 98 valence electrons. The van der Waals surface area contributed by atoms with Gasteiger partial charge >= 0.3 is 0 Å². The molecule has 2 atom stereocenters. The Hall–Kier alpha value is -0.0800. The van der Waals surface area contributed by atoms with Crippen LogP contribution in [0.4, 0.5) is 0 Å². The fourth-order valence-electron chi connectivity index (χ4n) is 2.22. The summed E-state index contributed by atoms with van der Waals surface area (Å²) in [6, 6.07) is 1.36. The van der Waals surface area contributed by atoms with E-state index in [9.17, 15) is 0 Å². The van der Waals surface area contributed by atoms with Crippen molar-refractivity contribution >= 4 is 0 Å². The van der Waals surface area contributed by atoms with Gasteiger partial charge in [0, 0.05) is 18.6 Å². The van der Waals surface area contributed by atoms with Crippen molar-refractivity contribution in [2.75, 3.05) is 20.1 Å². The van der Waals surface area contributed by atoms with Gasteiger partial charge in [0.2, 0.25) is 0 Å². The van der Waals surface area contributed by atoms with E-state index in [0.717, 1.165) is 13.1 Å². The zero-order chi connectivity index (χ0) is 12.6. The Bertz CT molecular complexity index is 157. The third kappa shape index (κ3) is 5.86. The van der Waals surface area contributed by atoms with Crippen LogP contribution in [0.3, 0.4) is 0 Å². The molecule has 2 unspecified atom stereocenters. The lowest BCUT2D eigenvalue weighted by atomic mass is 10.00. The molecular weight excluding hydrogens is 196 g/mol. The van der Waals surface area contributed by atoms with Crippen LogP contribution < -0.4 is 5.32 Å². The van der Waals surface area contributed by atoms with Crippen LogP contribution in [0.1, 0.15) is 53.9 Å². The second kappa shape index (κ2) is 9.00. The Labute approximate surface area is 103 Å². The molecule has 0 saturated heterocycles. The van der Waals surface area contributed by atoms with Gasteiger partial charge < -0.3 is 5.32 Å². The first kappa shape index (κ1) is 15.9. The maximum atomic E-state index is 3.55. The van der Waals surface area contributed by atoms with Crippen molar-refractivity contribution in [1.82, 2.24) is 10.2 Å². The largest absolute Gasteiger partial charge is 0.315 e. The quantitative estimate of drug-likeness (QED) is 0.610. The van der Waals surface area contributed by atoms with Crippen LogP contribution in [0.25, 0.3) is 0 Å². The summed E-state index contributed by atoms with van der Waals surface area (Å²) in [4.78, 5) is 2.55. The van der Waals surface area contributed by atoms with E-state index in [1.807, 2.05) is 0 Å². The molecule has 2 heteroatoms. The second-order valence-electron chi connectivity index (χ2n) is 5.32. The highest BCUT2D eigenvalue weighted by molar-refractivity contribution is 4.78. The molecule has 0 aliphatic heterocycles. The van der Waals surface area contributed by atoms with Crippen molar-refractivity contribution in [1.29, 1.82) is 0 Å². The van der Waals surface area contributed by atoms with Crippen LogP contribution in [-0.4, -0.2) is 37.1 Å². The van der Waals surface area contributed by atoms with E-state index in [2.05, 4.69) is 51.9 Å². The molecule has 0 heterocycles. The normalized spacial score (nSPS) is 15.8. The molecule has 0 aromatic rings. The van der Waals surface area contributed by atoms with Crippen molar-refractivity contribution in [3.05, 3.63) is 0 Å². The van der Waals surface area contributed by atoms with Crippen LogP contribution >= 0.6 is 0 Å². The number of hydrogen-bond donors (Lipinski definition) is 1. The Balaban J connectivity index is 4.17. The van der Waals surface area contributed by atoms with E-state index < -0.39 is 0 Å². The first-order valence-electron chi connectivity index (χ1n) is 6.97. The van der Waals surface area contributed by atoms with Gasteiger partial charge in [0.05, 0.1) is 0 Å². The molecule has 0 aromatic heterocycles. The Morgan fingerprint density at radius 1 is 1.06 bits per heavy atom. The molecule has 16 heavy (non-hydrogen) atoms. The Kier molecular flexibility index (Phi) is 8.96. The molecule has 0 amide bonds. The van der Waals surface area contributed by atoms with Gasteiger partial charge in [0.15, 0.2) is 0 Å². The fourth-order valence-corrected chi connectivity index (χ4v) is 2.22. The maximum absolute atomic E-state index is 3.55. The molecule has 0 aromatic carbocycles. The highest BCUT2D eigenvalue weighted by Gasteiger charge is 2.21. The predicted octanol–water partition coefficient (Wildman–Crippen LogP) is 3.13. The lowest BCUT2D eigenvalue weighted by Crippen LogP contribution is -2.47. The average molecular weight is 228 g/mol. The molecule has 0 fully saturated rings. The van der Waals surface area contributed by atoms with Crippen LogP contribution in [0.2, 0.25) is 0 Å². The van der Waals surface area contributed by atoms with Crippen LogP contribution in [0.5, 0.6) is 0 Å². The minimum Gasteiger partial charge on any atom is -0.315 e. The van der Waals surface area contributed by atoms with Crippen molar-refractivity contribution in [3.8, 4) is 0 Å². The molecule has 2 nitrogen and oxygen atoms in total. The lowest BCUT2D eigenvalue weighted by molar-refractivity contribution is 0.135. The molecule has 0 aliphatic rings. The van der Waals surface area contributed by atoms with E-state index in [1.54, 1.807) is 0 Å². The SMILES string of the molecule is CCCNCC(C(C)C)N(C)C(C)CCC. The summed E-state index contributed by atoms with van der Waals surface area (Å²) in [5.74, 6) is 0.716. The van der Waals surface area contributed by atoms with E-state index in [1.165, 1.54) is 19.3 Å². The van der Waals surface area contributed by atoms with Gasteiger partial charge in [-0.3, -0.25) is 4.90 Å².